The molecule has 3 rings (SSSR count). The molecule has 0 atom stereocenters. The summed E-state index contributed by atoms with van der Waals surface area (Å²) in [5.41, 5.74) is 0.381. The highest BCUT2D eigenvalue weighted by molar-refractivity contribution is 6.34. The van der Waals surface area contributed by atoms with Gasteiger partial charge in [0, 0.05) is 25.2 Å². The first kappa shape index (κ1) is 17.1. The minimum atomic E-state index is -0.542. The molecule has 1 N–H and O–H groups in total. The van der Waals surface area contributed by atoms with Crippen molar-refractivity contribution in [1.29, 1.82) is 5.26 Å². The van der Waals surface area contributed by atoms with Crippen LogP contribution in [0.15, 0.2) is 46.4 Å². The SMILES string of the molecule is N#C/C(=C\c1ccc(N2CCOCC2)o1)C(=O)Nc1ccccc1Cl. The van der Waals surface area contributed by atoms with Crippen molar-refractivity contribution in [3.63, 3.8) is 0 Å². The number of rotatable bonds is 4. The molecule has 7 heteroatoms. The van der Waals surface area contributed by atoms with E-state index in [1.54, 1.807) is 30.3 Å². The molecular formula is C18H16ClN3O3. The monoisotopic (exact) mass is 357 g/mol. The van der Waals surface area contributed by atoms with Crippen LogP contribution in [-0.2, 0) is 9.53 Å². The van der Waals surface area contributed by atoms with Gasteiger partial charge in [0.15, 0.2) is 5.88 Å². The molecule has 0 saturated carbocycles. The quantitative estimate of drug-likeness (QED) is 0.670. The summed E-state index contributed by atoms with van der Waals surface area (Å²) in [5, 5.41) is 12.3. The molecule has 0 radical (unpaired) electrons. The maximum atomic E-state index is 12.3. The number of anilines is 2. The summed E-state index contributed by atoms with van der Waals surface area (Å²) in [6, 6.07) is 12.3. The van der Waals surface area contributed by atoms with E-state index in [9.17, 15) is 10.1 Å². The summed E-state index contributed by atoms with van der Waals surface area (Å²) in [5.74, 6) is 0.589. The maximum Gasteiger partial charge on any atom is 0.266 e. The molecular weight excluding hydrogens is 342 g/mol. The van der Waals surface area contributed by atoms with Gasteiger partial charge in [-0.1, -0.05) is 23.7 Å². The number of hydrogen-bond acceptors (Lipinski definition) is 5. The lowest BCUT2D eigenvalue weighted by atomic mass is 10.2. The fourth-order valence-electron chi connectivity index (χ4n) is 2.42. The van der Waals surface area contributed by atoms with Crippen LogP contribution in [-0.4, -0.2) is 32.2 Å². The van der Waals surface area contributed by atoms with Gasteiger partial charge in [-0.25, -0.2) is 0 Å². The van der Waals surface area contributed by atoms with Crippen LogP contribution < -0.4 is 10.2 Å². The second-order valence-electron chi connectivity index (χ2n) is 5.38. The lowest BCUT2D eigenvalue weighted by Crippen LogP contribution is -2.35. The molecule has 0 spiro atoms. The lowest BCUT2D eigenvalue weighted by molar-refractivity contribution is -0.112. The lowest BCUT2D eigenvalue weighted by Gasteiger charge is -2.26. The van der Waals surface area contributed by atoms with E-state index in [4.69, 9.17) is 20.8 Å². The number of nitriles is 1. The van der Waals surface area contributed by atoms with Crippen LogP contribution in [0.2, 0.25) is 5.02 Å². The van der Waals surface area contributed by atoms with Crippen LogP contribution in [0.5, 0.6) is 0 Å². The predicted octanol–water partition coefficient (Wildman–Crippen LogP) is 3.32. The minimum absolute atomic E-state index is 0.0669. The number of hydrogen-bond donors (Lipinski definition) is 1. The number of carbonyl (C=O) groups excluding carboxylic acids is 1. The van der Waals surface area contributed by atoms with E-state index in [1.165, 1.54) is 6.08 Å². The normalized spacial score (nSPS) is 14.9. The zero-order valence-corrected chi connectivity index (χ0v) is 14.1. The largest absolute Gasteiger partial charge is 0.441 e. The first-order chi connectivity index (χ1) is 12.2. The summed E-state index contributed by atoms with van der Waals surface area (Å²) < 4.78 is 11.0. The fraction of sp³-hybridized carbons (Fsp3) is 0.222. The van der Waals surface area contributed by atoms with Crippen molar-refractivity contribution in [3.05, 3.63) is 52.8 Å². The van der Waals surface area contributed by atoms with Crippen molar-refractivity contribution in [2.45, 2.75) is 0 Å². The summed E-state index contributed by atoms with van der Waals surface area (Å²) in [6.45, 7) is 2.79. The molecule has 128 valence electrons. The molecule has 0 unspecified atom stereocenters. The van der Waals surface area contributed by atoms with Crippen molar-refractivity contribution < 1.29 is 13.9 Å². The molecule has 1 saturated heterocycles. The van der Waals surface area contributed by atoms with Crippen LogP contribution >= 0.6 is 11.6 Å². The highest BCUT2D eigenvalue weighted by Gasteiger charge is 2.16. The van der Waals surface area contributed by atoms with Crippen LogP contribution in [0.1, 0.15) is 5.76 Å². The molecule has 2 aromatic rings. The van der Waals surface area contributed by atoms with Gasteiger partial charge < -0.3 is 19.4 Å². The highest BCUT2D eigenvalue weighted by Crippen LogP contribution is 2.23. The molecule has 1 fully saturated rings. The van der Waals surface area contributed by atoms with Gasteiger partial charge >= 0.3 is 0 Å². The summed E-state index contributed by atoms with van der Waals surface area (Å²) in [4.78, 5) is 14.3. The first-order valence-corrected chi connectivity index (χ1v) is 8.15. The van der Waals surface area contributed by atoms with E-state index < -0.39 is 5.91 Å². The summed E-state index contributed by atoms with van der Waals surface area (Å²) >= 11 is 6.01. The van der Waals surface area contributed by atoms with E-state index in [-0.39, 0.29) is 5.57 Å². The third kappa shape index (κ3) is 4.21. The summed E-state index contributed by atoms with van der Waals surface area (Å²) in [7, 11) is 0. The van der Waals surface area contributed by atoms with Crippen molar-refractivity contribution >= 4 is 35.2 Å². The average molecular weight is 358 g/mol. The van der Waals surface area contributed by atoms with E-state index >= 15 is 0 Å². The molecule has 1 amide bonds. The number of morpholine rings is 1. The van der Waals surface area contributed by atoms with Gasteiger partial charge in [0.05, 0.1) is 23.9 Å². The Balaban J connectivity index is 1.74. The Morgan fingerprint density at radius 3 is 2.72 bits per heavy atom. The van der Waals surface area contributed by atoms with Crippen LogP contribution in [0.4, 0.5) is 11.6 Å². The number of nitrogens with one attached hydrogen (secondary N) is 1. The second kappa shape index (κ2) is 7.88. The van der Waals surface area contributed by atoms with E-state index in [1.807, 2.05) is 12.1 Å². The van der Waals surface area contributed by atoms with Crippen LogP contribution in [0.3, 0.4) is 0 Å². The number of para-hydroxylation sites is 1. The van der Waals surface area contributed by atoms with Crippen LogP contribution in [0.25, 0.3) is 6.08 Å². The van der Waals surface area contributed by atoms with Gasteiger partial charge in [0.2, 0.25) is 0 Å². The first-order valence-electron chi connectivity index (χ1n) is 7.77. The van der Waals surface area contributed by atoms with Gasteiger partial charge in [0.1, 0.15) is 17.4 Å². The Morgan fingerprint density at radius 1 is 1.24 bits per heavy atom. The van der Waals surface area contributed by atoms with Crippen molar-refractivity contribution in [2.24, 2.45) is 0 Å². The zero-order chi connectivity index (χ0) is 17.6. The van der Waals surface area contributed by atoms with E-state index in [0.29, 0.717) is 35.6 Å². The molecule has 1 aliphatic heterocycles. The fourth-order valence-corrected chi connectivity index (χ4v) is 2.60. The topological polar surface area (TPSA) is 78.5 Å². The Hall–Kier alpha value is -2.75. The van der Waals surface area contributed by atoms with Crippen molar-refractivity contribution in [3.8, 4) is 6.07 Å². The zero-order valence-electron chi connectivity index (χ0n) is 13.4. The van der Waals surface area contributed by atoms with E-state index in [2.05, 4.69) is 10.2 Å². The van der Waals surface area contributed by atoms with Gasteiger partial charge in [-0.05, 0) is 18.2 Å². The highest BCUT2D eigenvalue weighted by atomic mass is 35.5. The third-order valence-corrected chi connectivity index (χ3v) is 4.04. The van der Waals surface area contributed by atoms with Gasteiger partial charge in [-0.3, -0.25) is 4.79 Å². The standard InChI is InChI=1S/C18H16ClN3O3/c19-15-3-1-2-4-16(15)21-18(23)13(12-20)11-14-5-6-17(25-14)22-7-9-24-10-8-22/h1-6,11H,7-10H2,(H,21,23)/b13-11+. The summed E-state index contributed by atoms with van der Waals surface area (Å²) in [6.07, 6.45) is 1.41. The van der Waals surface area contributed by atoms with Crippen molar-refractivity contribution in [2.75, 3.05) is 36.5 Å². The molecule has 0 bridgehead atoms. The Kier molecular flexibility index (Phi) is 5.39. The maximum absolute atomic E-state index is 12.3. The molecule has 6 nitrogen and oxygen atoms in total. The van der Waals surface area contributed by atoms with Crippen LogP contribution in [0, 0.1) is 11.3 Å². The van der Waals surface area contributed by atoms with Gasteiger partial charge in [-0.15, -0.1) is 0 Å². The number of furan rings is 1. The third-order valence-electron chi connectivity index (χ3n) is 3.71. The van der Waals surface area contributed by atoms with Gasteiger partial charge in [0.25, 0.3) is 5.91 Å². The molecule has 1 aromatic heterocycles. The molecule has 25 heavy (non-hydrogen) atoms. The second-order valence-corrected chi connectivity index (χ2v) is 5.79. The predicted molar refractivity (Wildman–Crippen MR) is 95.4 cm³/mol. The van der Waals surface area contributed by atoms with Gasteiger partial charge in [-0.2, -0.15) is 5.26 Å². The number of benzene rings is 1. The number of halogens is 1. The molecule has 1 aromatic carbocycles. The Labute approximate surface area is 150 Å². The Bertz CT molecular complexity index is 832. The molecule has 2 heterocycles. The molecule has 0 aliphatic carbocycles. The number of ether oxygens (including phenoxy) is 1. The Morgan fingerprint density at radius 2 is 2.00 bits per heavy atom. The number of nitrogens with zero attached hydrogens (tertiary/aromatic N) is 2. The average Bonchev–Trinajstić information content (AvgIpc) is 3.11. The smallest absolute Gasteiger partial charge is 0.266 e. The van der Waals surface area contributed by atoms with Crippen molar-refractivity contribution in [1.82, 2.24) is 0 Å². The molecule has 1 aliphatic rings. The number of amides is 1. The van der Waals surface area contributed by atoms with E-state index in [0.717, 1.165) is 13.1 Å². The minimum Gasteiger partial charge on any atom is -0.441 e. The number of carbonyl (C=O) groups is 1.